The average Bonchev–Trinajstić information content (AvgIpc) is 2.84. The van der Waals surface area contributed by atoms with E-state index in [9.17, 15) is 14.0 Å². The zero-order valence-electron chi connectivity index (χ0n) is 20.0. The van der Waals surface area contributed by atoms with E-state index < -0.39 is 6.67 Å². The van der Waals surface area contributed by atoms with Gasteiger partial charge in [-0.15, -0.1) is 0 Å². The van der Waals surface area contributed by atoms with Gasteiger partial charge in [-0.3, -0.25) is 9.59 Å². The molecule has 2 aromatic rings. The number of carbonyl (C=O) groups is 2. The third kappa shape index (κ3) is 5.82. The van der Waals surface area contributed by atoms with Gasteiger partial charge in [-0.25, -0.2) is 14.4 Å². The first-order valence-electron chi connectivity index (χ1n) is 11.9. The smallest absolute Gasteiger partial charge is 0.245 e. The summed E-state index contributed by atoms with van der Waals surface area (Å²) in [4.78, 5) is 39.8. The number of fused-ring (bicyclic) bond motifs is 1. The van der Waals surface area contributed by atoms with Gasteiger partial charge >= 0.3 is 0 Å². The molecular weight excluding hydrogens is 473 g/mol. The van der Waals surface area contributed by atoms with E-state index in [0.717, 1.165) is 5.56 Å². The number of piperazine rings is 1. The van der Waals surface area contributed by atoms with Crippen LogP contribution in [0.2, 0.25) is 5.02 Å². The van der Waals surface area contributed by atoms with Gasteiger partial charge in [0.25, 0.3) is 0 Å². The molecule has 2 aliphatic rings. The fourth-order valence-electron chi connectivity index (χ4n) is 4.46. The van der Waals surface area contributed by atoms with E-state index in [1.807, 2.05) is 29.2 Å². The van der Waals surface area contributed by atoms with Gasteiger partial charge in [-0.1, -0.05) is 37.6 Å². The van der Waals surface area contributed by atoms with Gasteiger partial charge < -0.3 is 25.3 Å². The van der Waals surface area contributed by atoms with Gasteiger partial charge in [-0.2, -0.15) is 0 Å². The van der Waals surface area contributed by atoms with Crippen molar-refractivity contribution in [1.82, 2.24) is 20.2 Å². The molecule has 1 atom stereocenters. The van der Waals surface area contributed by atoms with Crippen LogP contribution in [0.15, 0.2) is 30.6 Å². The quantitative estimate of drug-likeness (QED) is 0.571. The van der Waals surface area contributed by atoms with Crippen molar-refractivity contribution in [3.05, 3.63) is 41.2 Å². The highest BCUT2D eigenvalue weighted by molar-refractivity contribution is 6.30. The summed E-state index contributed by atoms with van der Waals surface area (Å²) in [6.07, 6.45) is 1.40. The summed E-state index contributed by atoms with van der Waals surface area (Å²) in [6, 6.07) is 7.69. The molecule has 0 unspecified atom stereocenters. The molecule has 2 aliphatic heterocycles. The second kappa shape index (κ2) is 11.2. The van der Waals surface area contributed by atoms with E-state index >= 15 is 0 Å². The number of carbonyl (C=O) groups excluding carboxylic acids is 2. The van der Waals surface area contributed by atoms with Crippen LogP contribution in [0.25, 0.3) is 0 Å². The van der Waals surface area contributed by atoms with Crippen LogP contribution in [0.5, 0.6) is 0 Å². The lowest BCUT2D eigenvalue weighted by Crippen LogP contribution is -2.52. The lowest BCUT2D eigenvalue weighted by molar-refractivity contribution is -0.133. The highest BCUT2D eigenvalue weighted by Crippen LogP contribution is 2.36. The Bertz CT molecular complexity index is 1040. The minimum atomic E-state index is -0.583. The molecule has 0 radical (unpaired) electrons. The molecule has 1 aromatic carbocycles. The number of rotatable bonds is 8. The second-order valence-corrected chi connectivity index (χ2v) is 9.47. The Morgan fingerprint density at radius 3 is 2.54 bits per heavy atom. The molecule has 188 valence electrons. The van der Waals surface area contributed by atoms with E-state index in [4.69, 9.17) is 11.6 Å². The highest BCUT2D eigenvalue weighted by Gasteiger charge is 2.33. The minimum absolute atomic E-state index is 0.0569. The summed E-state index contributed by atoms with van der Waals surface area (Å²) >= 11 is 6.06. The molecule has 1 fully saturated rings. The van der Waals surface area contributed by atoms with E-state index in [0.29, 0.717) is 55.1 Å². The molecule has 1 saturated heterocycles. The van der Waals surface area contributed by atoms with Crippen molar-refractivity contribution < 1.29 is 14.0 Å². The molecule has 4 rings (SSSR count). The lowest BCUT2D eigenvalue weighted by Gasteiger charge is -2.39. The number of amides is 2. The molecule has 2 N–H and O–H groups in total. The Morgan fingerprint density at radius 1 is 1.17 bits per heavy atom. The van der Waals surface area contributed by atoms with Gasteiger partial charge in [0.2, 0.25) is 11.8 Å². The zero-order valence-corrected chi connectivity index (χ0v) is 20.8. The van der Waals surface area contributed by atoms with Crippen LogP contribution in [0.1, 0.15) is 25.3 Å². The van der Waals surface area contributed by atoms with Crippen molar-refractivity contribution in [2.75, 3.05) is 67.6 Å². The fourth-order valence-corrected chi connectivity index (χ4v) is 4.58. The zero-order chi connectivity index (χ0) is 24.9. The van der Waals surface area contributed by atoms with Gasteiger partial charge in [0.05, 0.1) is 12.5 Å². The first-order valence-corrected chi connectivity index (χ1v) is 12.2. The molecule has 3 heterocycles. The maximum Gasteiger partial charge on any atom is 0.245 e. The number of alkyl halides is 1. The molecule has 0 bridgehead atoms. The monoisotopic (exact) mass is 503 g/mol. The first-order chi connectivity index (χ1) is 16.9. The van der Waals surface area contributed by atoms with Crippen molar-refractivity contribution in [1.29, 1.82) is 0 Å². The number of nitrogens with one attached hydrogen (secondary N) is 2. The summed E-state index contributed by atoms with van der Waals surface area (Å²) < 4.78 is 13.2. The molecule has 11 heteroatoms. The summed E-state index contributed by atoms with van der Waals surface area (Å²) in [5.41, 5.74) is 1.56. The molecule has 0 saturated carbocycles. The summed E-state index contributed by atoms with van der Waals surface area (Å²) in [7, 11) is 0. The highest BCUT2D eigenvalue weighted by atomic mass is 35.5. The minimum Gasteiger partial charge on any atom is -0.354 e. The van der Waals surface area contributed by atoms with Crippen LogP contribution in [0, 0.1) is 0 Å². The SMILES string of the molecule is CC(C)NC[C@@H](C(=O)N1CCN(c2ncnc3c2N(CCF)CC(=O)N3)CC1)c1ccc(Cl)cc1. The lowest BCUT2D eigenvalue weighted by atomic mass is 9.96. The van der Waals surface area contributed by atoms with E-state index in [1.54, 1.807) is 4.90 Å². The van der Waals surface area contributed by atoms with E-state index in [1.165, 1.54) is 6.33 Å². The van der Waals surface area contributed by atoms with Crippen LogP contribution >= 0.6 is 11.6 Å². The predicted octanol–water partition coefficient (Wildman–Crippen LogP) is 2.29. The standard InChI is InChI=1S/C24H31ClFN7O2/c1-16(2)27-13-19(17-3-5-18(25)6-4-17)24(35)32-11-9-31(10-12-32)23-21-22(28-15-29-23)30-20(34)14-33(21)8-7-26/h3-6,15-16,19,27H,7-14H2,1-2H3,(H,28,29,30,34)/t19-/m1/s1. The summed E-state index contributed by atoms with van der Waals surface area (Å²) in [5.74, 6) is 0.556. The topological polar surface area (TPSA) is 93.7 Å². The Kier molecular flexibility index (Phi) is 8.02. The Labute approximate surface area is 209 Å². The van der Waals surface area contributed by atoms with Crippen LogP contribution in [-0.2, 0) is 9.59 Å². The van der Waals surface area contributed by atoms with E-state index in [2.05, 4.69) is 39.3 Å². The molecule has 0 spiro atoms. The van der Waals surface area contributed by atoms with Crippen molar-refractivity contribution in [2.45, 2.75) is 25.8 Å². The summed E-state index contributed by atoms with van der Waals surface area (Å²) in [6.45, 7) is 6.40. The largest absolute Gasteiger partial charge is 0.354 e. The Hall–Kier alpha value is -2.98. The van der Waals surface area contributed by atoms with Crippen LogP contribution in [0.4, 0.5) is 21.7 Å². The van der Waals surface area contributed by atoms with Crippen LogP contribution in [0.3, 0.4) is 0 Å². The predicted molar refractivity (Wildman–Crippen MR) is 135 cm³/mol. The number of halogens is 2. The van der Waals surface area contributed by atoms with Crippen LogP contribution in [-0.4, -0.2) is 85.2 Å². The number of aromatic nitrogens is 2. The molecule has 2 amide bonds. The molecule has 1 aromatic heterocycles. The number of hydrogen-bond donors (Lipinski definition) is 2. The van der Waals surface area contributed by atoms with Crippen molar-refractivity contribution in [3.63, 3.8) is 0 Å². The first kappa shape index (κ1) is 25.1. The van der Waals surface area contributed by atoms with Gasteiger partial charge in [-0.05, 0) is 17.7 Å². The Morgan fingerprint density at radius 2 is 1.89 bits per heavy atom. The fraction of sp³-hybridized carbons (Fsp3) is 0.500. The third-order valence-corrected chi connectivity index (χ3v) is 6.51. The van der Waals surface area contributed by atoms with Crippen LogP contribution < -0.4 is 20.4 Å². The third-order valence-electron chi connectivity index (χ3n) is 6.26. The molecular formula is C24H31ClFN7O2. The molecule has 9 nitrogen and oxygen atoms in total. The normalized spacial score (nSPS) is 16.8. The second-order valence-electron chi connectivity index (χ2n) is 9.03. The number of benzene rings is 1. The van der Waals surface area contributed by atoms with Gasteiger partial charge in [0.15, 0.2) is 11.6 Å². The maximum absolute atomic E-state index is 13.6. The van der Waals surface area contributed by atoms with Gasteiger partial charge in [0, 0.05) is 50.3 Å². The number of hydrogen-bond acceptors (Lipinski definition) is 7. The summed E-state index contributed by atoms with van der Waals surface area (Å²) in [5, 5.41) is 6.78. The van der Waals surface area contributed by atoms with E-state index in [-0.39, 0.29) is 36.9 Å². The molecule has 35 heavy (non-hydrogen) atoms. The molecule has 0 aliphatic carbocycles. The van der Waals surface area contributed by atoms with Crippen molar-refractivity contribution in [3.8, 4) is 0 Å². The van der Waals surface area contributed by atoms with Gasteiger partial charge in [0.1, 0.15) is 18.7 Å². The average molecular weight is 504 g/mol. The number of nitrogens with zero attached hydrogens (tertiary/aromatic N) is 5. The number of anilines is 3. The van der Waals surface area contributed by atoms with Crippen molar-refractivity contribution >= 4 is 40.7 Å². The van der Waals surface area contributed by atoms with Crippen molar-refractivity contribution in [2.24, 2.45) is 0 Å². The Balaban J connectivity index is 1.49. The maximum atomic E-state index is 13.6.